The number of amides is 1. The number of anilines is 1. The number of aromatic nitrogens is 3. The van der Waals surface area contributed by atoms with Crippen LogP contribution >= 0.6 is 0 Å². The smallest absolute Gasteiger partial charge is 0.425 e. The van der Waals surface area contributed by atoms with Crippen LogP contribution in [-0.4, -0.2) is 44.9 Å². The third-order valence-corrected chi connectivity index (χ3v) is 6.36. The van der Waals surface area contributed by atoms with Crippen LogP contribution in [0.4, 0.5) is 23.2 Å². The van der Waals surface area contributed by atoms with Crippen molar-refractivity contribution in [1.82, 2.24) is 14.3 Å². The Morgan fingerprint density at radius 2 is 1.97 bits per heavy atom. The summed E-state index contributed by atoms with van der Waals surface area (Å²) in [6.07, 6.45) is -4.92. The molecule has 0 radical (unpaired) electrons. The van der Waals surface area contributed by atoms with Gasteiger partial charge in [-0.3, -0.25) is 14.2 Å². The first-order valence-corrected chi connectivity index (χ1v) is 11.9. The molecule has 1 amide bonds. The van der Waals surface area contributed by atoms with Gasteiger partial charge < -0.3 is 14.8 Å². The molecule has 2 aliphatic rings. The topological polar surface area (TPSA) is 104 Å². The first kappa shape index (κ1) is 25.5. The summed E-state index contributed by atoms with van der Waals surface area (Å²) in [6, 6.07) is 6.09. The number of ketones is 1. The van der Waals surface area contributed by atoms with Crippen LogP contribution in [0.5, 0.6) is 11.5 Å². The van der Waals surface area contributed by atoms with Gasteiger partial charge in [0.1, 0.15) is 35.4 Å². The molecule has 0 saturated carbocycles. The Morgan fingerprint density at radius 3 is 2.71 bits per heavy atom. The number of fused-ring (bicyclic) bond motifs is 2. The largest absolute Gasteiger partial charge is 0.485 e. The molecule has 13 heteroatoms. The molecule has 0 aliphatic carbocycles. The van der Waals surface area contributed by atoms with Gasteiger partial charge in [0.05, 0.1) is 5.56 Å². The van der Waals surface area contributed by atoms with Crippen LogP contribution < -0.4 is 20.5 Å². The van der Waals surface area contributed by atoms with E-state index in [9.17, 15) is 27.6 Å². The number of carbonyl (C=O) groups is 2. The van der Waals surface area contributed by atoms with E-state index in [0.29, 0.717) is 36.2 Å². The highest BCUT2D eigenvalue weighted by atomic mass is 19.4. The van der Waals surface area contributed by atoms with Crippen molar-refractivity contribution in [3.8, 4) is 17.2 Å². The lowest BCUT2D eigenvalue weighted by molar-refractivity contribution is -0.189. The molecule has 0 unspecified atom stereocenters. The third kappa shape index (κ3) is 4.87. The number of alkyl halides is 3. The van der Waals surface area contributed by atoms with Crippen molar-refractivity contribution < 1.29 is 36.6 Å². The molecule has 3 aromatic rings. The van der Waals surface area contributed by atoms with Crippen molar-refractivity contribution in [2.45, 2.75) is 51.4 Å². The van der Waals surface area contributed by atoms with Gasteiger partial charge in [0, 0.05) is 42.8 Å². The molecule has 2 aliphatic heterocycles. The predicted molar refractivity (Wildman–Crippen MR) is 125 cm³/mol. The second-order valence-corrected chi connectivity index (χ2v) is 9.10. The van der Waals surface area contributed by atoms with Gasteiger partial charge in [-0.25, -0.2) is 9.18 Å². The van der Waals surface area contributed by atoms with Crippen LogP contribution in [-0.2, 0) is 24.2 Å². The molecule has 9 nitrogen and oxygen atoms in total. The Bertz CT molecular complexity index is 1490. The summed E-state index contributed by atoms with van der Waals surface area (Å²) >= 11 is 0. The van der Waals surface area contributed by atoms with E-state index in [1.165, 1.54) is 16.7 Å². The number of nitrogens with zero attached hydrogens (tertiary/aromatic N) is 3. The van der Waals surface area contributed by atoms with E-state index in [0.717, 1.165) is 30.5 Å². The molecule has 1 atom stereocenters. The molecule has 3 heterocycles. The van der Waals surface area contributed by atoms with E-state index in [-0.39, 0.29) is 24.5 Å². The monoisotopic (exact) mass is 534 g/mol. The highest BCUT2D eigenvalue weighted by molar-refractivity contribution is 6.06. The minimum absolute atomic E-state index is 0.108. The van der Waals surface area contributed by atoms with Crippen molar-refractivity contribution in [1.29, 1.82) is 0 Å². The van der Waals surface area contributed by atoms with Crippen LogP contribution in [0, 0.1) is 5.82 Å². The van der Waals surface area contributed by atoms with Gasteiger partial charge in [-0.05, 0) is 31.9 Å². The fourth-order valence-corrected chi connectivity index (χ4v) is 4.33. The van der Waals surface area contributed by atoms with Gasteiger partial charge in [-0.2, -0.15) is 17.9 Å². The van der Waals surface area contributed by atoms with Crippen LogP contribution in [0.3, 0.4) is 0 Å². The molecular formula is C25H22F4N4O5. The van der Waals surface area contributed by atoms with Gasteiger partial charge in [0.25, 0.3) is 5.91 Å². The zero-order valence-corrected chi connectivity index (χ0v) is 20.1. The lowest BCUT2D eigenvalue weighted by Crippen LogP contribution is -2.32. The van der Waals surface area contributed by atoms with Crippen LogP contribution in [0.1, 0.15) is 41.5 Å². The molecule has 1 N–H and O–H groups in total. The number of benzene rings is 2. The SMILES string of the molecule is C[C@H](Oc1cc(-n2nc3n(c2=O)CCCC3)c(F)cc1C(=O)Nc1ccc2c(c1)OCC(=O)C2)C(F)(F)F. The molecule has 0 spiro atoms. The van der Waals surface area contributed by atoms with Gasteiger partial charge in [-0.15, -0.1) is 5.10 Å². The number of aryl methyl sites for hydroxylation is 1. The minimum atomic E-state index is -4.78. The number of nitrogens with one attached hydrogen (secondary N) is 1. The Hall–Kier alpha value is -4.16. The molecule has 5 rings (SSSR count). The maximum absolute atomic E-state index is 15.3. The maximum Gasteiger partial charge on any atom is 0.425 e. The van der Waals surface area contributed by atoms with Gasteiger partial charge in [-0.1, -0.05) is 6.07 Å². The summed E-state index contributed by atoms with van der Waals surface area (Å²) in [4.78, 5) is 37.5. The summed E-state index contributed by atoms with van der Waals surface area (Å²) < 4.78 is 67.8. The zero-order valence-electron chi connectivity index (χ0n) is 20.1. The highest BCUT2D eigenvalue weighted by Gasteiger charge is 2.39. The lowest BCUT2D eigenvalue weighted by Gasteiger charge is -2.21. The van der Waals surface area contributed by atoms with Crippen LogP contribution in [0.2, 0.25) is 0 Å². The quantitative estimate of drug-likeness (QED) is 0.502. The van der Waals surface area contributed by atoms with Crippen LogP contribution in [0.15, 0.2) is 35.1 Å². The zero-order chi connectivity index (χ0) is 27.2. The Labute approximate surface area is 213 Å². The molecule has 0 bridgehead atoms. The predicted octanol–water partition coefficient (Wildman–Crippen LogP) is 3.60. The number of hydrogen-bond acceptors (Lipinski definition) is 6. The van der Waals surface area contributed by atoms with Gasteiger partial charge in [0.15, 0.2) is 11.9 Å². The summed E-state index contributed by atoms with van der Waals surface area (Å²) in [7, 11) is 0. The average molecular weight is 534 g/mol. The van der Waals surface area contributed by atoms with E-state index in [1.54, 1.807) is 6.07 Å². The van der Waals surface area contributed by atoms with Crippen molar-refractivity contribution in [2.24, 2.45) is 0 Å². The second-order valence-electron chi connectivity index (χ2n) is 9.10. The molecule has 0 fully saturated rings. The van der Waals surface area contributed by atoms with Gasteiger partial charge in [0.2, 0.25) is 0 Å². The fourth-order valence-electron chi connectivity index (χ4n) is 4.33. The number of carbonyl (C=O) groups excluding carboxylic acids is 2. The van der Waals surface area contributed by atoms with Gasteiger partial charge >= 0.3 is 11.9 Å². The molecule has 0 saturated heterocycles. The summed E-state index contributed by atoms with van der Waals surface area (Å²) in [5.41, 5.74) is -0.776. The van der Waals surface area contributed by atoms with E-state index in [4.69, 9.17) is 9.47 Å². The van der Waals surface area contributed by atoms with E-state index in [1.807, 2.05) is 0 Å². The standard InChI is InChI=1S/C25H22F4N4O5/c1-13(25(27,28)29)38-21-11-19(33-24(36)32-7-3-2-4-22(32)31-33)18(26)10-17(21)23(35)30-15-6-5-14-8-16(34)12-37-20(14)9-15/h5-6,9-11,13H,2-4,7-8,12H2,1H3,(H,30,35)/t13-/m0/s1. The Morgan fingerprint density at radius 1 is 1.18 bits per heavy atom. The van der Waals surface area contributed by atoms with Crippen molar-refractivity contribution in [3.05, 3.63) is 63.6 Å². The number of ether oxygens (including phenoxy) is 2. The third-order valence-electron chi connectivity index (χ3n) is 6.36. The Balaban J connectivity index is 1.52. The normalized spacial score (nSPS) is 15.8. The average Bonchev–Trinajstić information content (AvgIpc) is 3.20. The molecule has 2 aromatic carbocycles. The van der Waals surface area contributed by atoms with Crippen molar-refractivity contribution >= 4 is 17.4 Å². The van der Waals surface area contributed by atoms with Crippen molar-refractivity contribution in [3.63, 3.8) is 0 Å². The Kier molecular flexibility index (Phi) is 6.45. The summed E-state index contributed by atoms with van der Waals surface area (Å²) in [5.74, 6) is -1.89. The van der Waals surface area contributed by atoms with E-state index < -0.39 is 46.7 Å². The van der Waals surface area contributed by atoms with E-state index in [2.05, 4.69) is 10.4 Å². The summed E-state index contributed by atoms with van der Waals surface area (Å²) in [6.45, 7) is 1.01. The summed E-state index contributed by atoms with van der Waals surface area (Å²) in [5, 5.41) is 6.64. The number of rotatable bonds is 5. The molecule has 1 aromatic heterocycles. The maximum atomic E-state index is 15.3. The van der Waals surface area contributed by atoms with Crippen LogP contribution in [0.25, 0.3) is 5.69 Å². The number of hydrogen-bond donors (Lipinski definition) is 1. The molecule has 38 heavy (non-hydrogen) atoms. The highest BCUT2D eigenvalue weighted by Crippen LogP contribution is 2.32. The van der Waals surface area contributed by atoms with E-state index >= 15 is 4.39 Å². The first-order chi connectivity index (χ1) is 18.0. The lowest BCUT2D eigenvalue weighted by atomic mass is 10.0. The fraction of sp³-hybridized carbons (Fsp3) is 0.360. The minimum Gasteiger partial charge on any atom is -0.485 e. The number of halogens is 4. The van der Waals surface area contributed by atoms with Crippen molar-refractivity contribution in [2.75, 3.05) is 11.9 Å². The first-order valence-electron chi connectivity index (χ1n) is 11.9. The number of Topliss-reactive ketones (excluding diaryl/α,β-unsaturated/α-hetero) is 1. The second kappa shape index (κ2) is 9.62. The molecule has 200 valence electrons. The molecular weight excluding hydrogens is 512 g/mol.